The van der Waals surface area contributed by atoms with Crippen molar-refractivity contribution in [3.63, 3.8) is 0 Å². The van der Waals surface area contributed by atoms with Crippen molar-refractivity contribution in [2.75, 3.05) is 33.2 Å². The molecule has 0 spiro atoms. The molecule has 1 rings (SSSR count). The lowest BCUT2D eigenvalue weighted by atomic mass is 10.1. The van der Waals surface area contributed by atoms with Gasteiger partial charge in [0.15, 0.2) is 5.96 Å². The second-order valence-corrected chi connectivity index (χ2v) is 6.52. The normalized spacial score (nSPS) is 16.2. The van der Waals surface area contributed by atoms with Crippen LogP contribution < -0.4 is 16.0 Å². The molecular weight excluding hydrogens is 282 g/mol. The highest BCUT2D eigenvalue weighted by atomic mass is 16.2. The maximum Gasteiger partial charge on any atom is 0.241 e. The smallest absolute Gasteiger partial charge is 0.241 e. The Morgan fingerprint density at radius 3 is 2.18 bits per heavy atom. The molecule has 1 aliphatic rings. The molecule has 0 saturated carbocycles. The molecule has 0 aromatic heterocycles. The Balaban J connectivity index is 2.30. The molecule has 0 radical (unpaired) electrons. The molecule has 0 aromatic rings. The quantitative estimate of drug-likeness (QED) is 0.507. The second-order valence-electron chi connectivity index (χ2n) is 6.52. The Bertz CT molecular complexity index is 409. The molecule has 0 unspecified atom stereocenters. The molecule has 1 fully saturated rings. The zero-order valence-electron chi connectivity index (χ0n) is 14.2. The number of likely N-dealkylation sites (tertiary alicyclic amines) is 1. The molecule has 7 nitrogen and oxygen atoms in total. The Labute approximate surface area is 132 Å². The van der Waals surface area contributed by atoms with E-state index in [2.05, 4.69) is 20.9 Å². The van der Waals surface area contributed by atoms with Gasteiger partial charge in [-0.15, -0.1) is 0 Å². The van der Waals surface area contributed by atoms with Crippen molar-refractivity contribution in [1.29, 1.82) is 0 Å². The van der Waals surface area contributed by atoms with Crippen LogP contribution >= 0.6 is 0 Å². The van der Waals surface area contributed by atoms with E-state index in [4.69, 9.17) is 0 Å². The van der Waals surface area contributed by atoms with Gasteiger partial charge in [-0.25, -0.2) is 0 Å². The third-order valence-corrected chi connectivity index (χ3v) is 3.27. The fraction of sp³-hybridized carbons (Fsp3) is 0.800. The number of aliphatic imine (C=N–C) groups is 1. The highest BCUT2D eigenvalue weighted by Gasteiger charge is 2.17. The van der Waals surface area contributed by atoms with Crippen LogP contribution in [-0.2, 0) is 9.59 Å². The van der Waals surface area contributed by atoms with Crippen molar-refractivity contribution >= 4 is 17.8 Å². The van der Waals surface area contributed by atoms with Crippen molar-refractivity contribution in [3.8, 4) is 0 Å². The van der Waals surface area contributed by atoms with Crippen molar-refractivity contribution < 1.29 is 9.59 Å². The number of nitrogens with zero attached hydrogens (tertiary/aromatic N) is 2. The van der Waals surface area contributed by atoms with Gasteiger partial charge in [0.25, 0.3) is 0 Å². The molecule has 1 aliphatic heterocycles. The van der Waals surface area contributed by atoms with Crippen LogP contribution in [0, 0.1) is 0 Å². The minimum atomic E-state index is -0.264. The number of carbonyl (C=O) groups is 2. The first-order valence-corrected chi connectivity index (χ1v) is 7.85. The molecule has 0 atom stereocenters. The summed E-state index contributed by atoms with van der Waals surface area (Å²) in [4.78, 5) is 29.7. The van der Waals surface area contributed by atoms with Gasteiger partial charge in [0.05, 0.1) is 13.1 Å². The fourth-order valence-electron chi connectivity index (χ4n) is 2.26. The number of carbonyl (C=O) groups excluding carboxylic acids is 2. The Hall–Kier alpha value is -1.79. The maximum atomic E-state index is 12.0. The van der Waals surface area contributed by atoms with Crippen LogP contribution in [0.2, 0.25) is 0 Å². The van der Waals surface area contributed by atoms with Crippen LogP contribution in [0.5, 0.6) is 0 Å². The fourth-order valence-corrected chi connectivity index (χ4v) is 2.26. The monoisotopic (exact) mass is 311 g/mol. The molecule has 1 saturated heterocycles. The summed E-state index contributed by atoms with van der Waals surface area (Å²) in [6.45, 7) is 7.76. The lowest BCUT2D eigenvalue weighted by Gasteiger charge is -2.27. The Morgan fingerprint density at radius 1 is 1.05 bits per heavy atom. The van der Waals surface area contributed by atoms with Gasteiger partial charge in [-0.3, -0.25) is 14.6 Å². The summed E-state index contributed by atoms with van der Waals surface area (Å²) in [6.07, 6.45) is 3.35. The number of hydrogen-bond acceptors (Lipinski definition) is 3. The summed E-state index contributed by atoms with van der Waals surface area (Å²) in [6, 6.07) is 0. The summed E-state index contributed by atoms with van der Waals surface area (Å²) in [7, 11) is 1.61. The summed E-state index contributed by atoms with van der Waals surface area (Å²) in [5.41, 5.74) is -0.264. The van der Waals surface area contributed by atoms with Crippen molar-refractivity contribution in [3.05, 3.63) is 0 Å². The number of amides is 2. The Morgan fingerprint density at radius 2 is 1.64 bits per heavy atom. The van der Waals surface area contributed by atoms with Gasteiger partial charge in [-0.2, -0.15) is 0 Å². The molecule has 2 amide bonds. The third-order valence-electron chi connectivity index (χ3n) is 3.27. The summed E-state index contributed by atoms with van der Waals surface area (Å²) < 4.78 is 0. The van der Waals surface area contributed by atoms with Crippen LogP contribution in [0.25, 0.3) is 0 Å². The van der Waals surface area contributed by atoms with Gasteiger partial charge in [0.1, 0.15) is 0 Å². The molecule has 7 heteroatoms. The highest BCUT2D eigenvalue weighted by Crippen LogP contribution is 2.08. The standard InChI is InChI=1S/C15H29N5O2/c1-15(2,3)19-12(21)10-17-14(16-4)18-11-13(22)20-8-6-5-7-9-20/h5-11H2,1-4H3,(H,19,21)(H2,16,17,18). The molecule has 0 bridgehead atoms. The van der Waals surface area contributed by atoms with Crippen LogP contribution in [0.4, 0.5) is 0 Å². The van der Waals surface area contributed by atoms with E-state index in [1.807, 2.05) is 25.7 Å². The molecule has 126 valence electrons. The number of piperidine rings is 1. The SMILES string of the molecule is CN=C(NCC(=O)NC(C)(C)C)NCC(=O)N1CCCCC1. The maximum absolute atomic E-state index is 12.0. The number of rotatable bonds is 4. The van der Waals surface area contributed by atoms with E-state index >= 15 is 0 Å². The number of nitrogens with one attached hydrogen (secondary N) is 3. The van der Waals surface area contributed by atoms with Crippen LogP contribution in [0.3, 0.4) is 0 Å². The van der Waals surface area contributed by atoms with Gasteiger partial charge in [0, 0.05) is 25.7 Å². The summed E-state index contributed by atoms with van der Waals surface area (Å²) in [5, 5.41) is 8.71. The molecule has 22 heavy (non-hydrogen) atoms. The molecule has 1 heterocycles. The molecular formula is C15H29N5O2. The molecule has 0 aliphatic carbocycles. The van der Waals surface area contributed by atoms with Gasteiger partial charge >= 0.3 is 0 Å². The van der Waals surface area contributed by atoms with Crippen molar-refractivity contribution in [2.45, 2.75) is 45.6 Å². The Kier molecular flexibility index (Phi) is 7.14. The highest BCUT2D eigenvalue weighted by molar-refractivity contribution is 5.89. The third kappa shape index (κ3) is 7.28. The molecule has 0 aromatic carbocycles. The van der Waals surface area contributed by atoms with E-state index in [1.54, 1.807) is 7.05 Å². The summed E-state index contributed by atoms with van der Waals surface area (Å²) >= 11 is 0. The largest absolute Gasteiger partial charge is 0.350 e. The lowest BCUT2D eigenvalue weighted by molar-refractivity contribution is -0.130. The van der Waals surface area contributed by atoms with Crippen LogP contribution in [-0.4, -0.2) is 61.4 Å². The predicted octanol–water partition coefficient (Wildman–Crippen LogP) is 0.0786. The van der Waals surface area contributed by atoms with Crippen molar-refractivity contribution in [1.82, 2.24) is 20.9 Å². The zero-order chi connectivity index (χ0) is 16.6. The van der Waals surface area contributed by atoms with Gasteiger partial charge in [-0.05, 0) is 40.0 Å². The first-order chi connectivity index (χ1) is 10.3. The number of hydrogen-bond donors (Lipinski definition) is 3. The van der Waals surface area contributed by atoms with E-state index in [0.29, 0.717) is 5.96 Å². The average Bonchev–Trinajstić information content (AvgIpc) is 2.46. The minimum Gasteiger partial charge on any atom is -0.350 e. The van der Waals surface area contributed by atoms with Crippen LogP contribution in [0.15, 0.2) is 4.99 Å². The minimum absolute atomic E-state index is 0.0711. The first-order valence-electron chi connectivity index (χ1n) is 7.85. The average molecular weight is 311 g/mol. The predicted molar refractivity (Wildman–Crippen MR) is 87.7 cm³/mol. The van der Waals surface area contributed by atoms with Gasteiger partial charge in [0.2, 0.25) is 11.8 Å². The molecule has 3 N–H and O–H groups in total. The van der Waals surface area contributed by atoms with E-state index in [0.717, 1.165) is 25.9 Å². The van der Waals surface area contributed by atoms with E-state index in [1.165, 1.54) is 6.42 Å². The number of guanidine groups is 1. The lowest BCUT2D eigenvalue weighted by Crippen LogP contribution is -2.50. The van der Waals surface area contributed by atoms with Crippen LogP contribution in [0.1, 0.15) is 40.0 Å². The van der Waals surface area contributed by atoms with Crippen molar-refractivity contribution in [2.24, 2.45) is 4.99 Å². The van der Waals surface area contributed by atoms with E-state index in [-0.39, 0.29) is 30.4 Å². The van der Waals surface area contributed by atoms with E-state index < -0.39 is 0 Å². The van der Waals surface area contributed by atoms with Gasteiger partial charge in [-0.1, -0.05) is 0 Å². The summed E-state index contributed by atoms with van der Waals surface area (Å²) in [5.74, 6) is 0.411. The first kappa shape index (κ1) is 18.3. The topological polar surface area (TPSA) is 85.8 Å². The van der Waals surface area contributed by atoms with E-state index in [9.17, 15) is 9.59 Å². The zero-order valence-corrected chi connectivity index (χ0v) is 14.2. The van der Waals surface area contributed by atoms with Gasteiger partial charge < -0.3 is 20.9 Å². The second kappa shape index (κ2) is 8.60.